The number of ether oxygens (including phenoxy) is 4. The average Bonchev–Trinajstić information content (AvgIpc) is 3.22. The van der Waals surface area contributed by atoms with E-state index in [9.17, 15) is 25.2 Å². The van der Waals surface area contributed by atoms with Crippen LogP contribution in [0.2, 0.25) is 0 Å². The molecule has 4 N–H and O–H groups in total. The highest BCUT2D eigenvalue weighted by Crippen LogP contribution is 2.22. The van der Waals surface area contributed by atoms with Crippen LogP contribution in [0.1, 0.15) is 142 Å². The number of esters is 1. The number of aliphatic hydroxyl groups is 4. The first-order chi connectivity index (χ1) is 28.4. The van der Waals surface area contributed by atoms with Crippen molar-refractivity contribution in [2.24, 2.45) is 0 Å². The number of aliphatic hydroxyl groups excluding tert-OH is 4. The predicted molar refractivity (Wildman–Crippen MR) is 237 cm³/mol. The maximum Gasteiger partial charge on any atom is 0.306 e. The van der Waals surface area contributed by atoms with Crippen molar-refractivity contribution in [3.05, 3.63) is 97.2 Å². The largest absolute Gasteiger partial charge is 0.457 e. The van der Waals surface area contributed by atoms with Crippen LogP contribution in [0.5, 0.6) is 0 Å². The number of hydrogen-bond acceptors (Lipinski definition) is 9. The molecule has 0 radical (unpaired) electrons. The summed E-state index contributed by atoms with van der Waals surface area (Å²) in [5, 5.41) is 40.1. The number of rotatable bonds is 36. The van der Waals surface area contributed by atoms with Gasteiger partial charge in [-0.1, -0.05) is 143 Å². The first kappa shape index (κ1) is 53.1. The lowest BCUT2D eigenvalue weighted by atomic mass is 9.99. The monoisotopic (exact) mass is 813 g/mol. The van der Waals surface area contributed by atoms with Gasteiger partial charge in [-0.25, -0.2) is 0 Å². The van der Waals surface area contributed by atoms with E-state index >= 15 is 0 Å². The second-order valence-corrected chi connectivity index (χ2v) is 14.8. The van der Waals surface area contributed by atoms with Crippen molar-refractivity contribution in [2.75, 3.05) is 26.4 Å². The maximum atomic E-state index is 12.7. The van der Waals surface area contributed by atoms with E-state index in [2.05, 4.69) is 111 Å². The third-order valence-electron chi connectivity index (χ3n) is 9.48. The Morgan fingerprint density at radius 3 is 1.60 bits per heavy atom. The lowest BCUT2D eigenvalue weighted by Crippen LogP contribution is -2.59. The molecule has 1 saturated heterocycles. The fourth-order valence-electron chi connectivity index (χ4n) is 5.98. The quantitative estimate of drug-likeness (QED) is 0.0277. The molecule has 1 aliphatic rings. The zero-order valence-corrected chi connectivity index (χ0v) is 36.0. The Morgan fingerprint density at radius 1 is 0.569 bits per heavy atom. The Hall–Kier alpha value is -2.89. The minimum atomic E-state index is -1.55. The van der Waals surface area contributed by atoms with Crippen LogP contribution in [0.3, 0.4) is 0 Å². The molecule has 6 unspecified atom stereocenters. The lowest BCUT2D eigenvalue weighted by Gasteiger charge is -2.39. The molecule has 9 heteroatoms. The van der Waals surface area contributed by atoms with Crippen LogP contribution in [-0.2, 0) is 23.7 Å². The third-order valence-corrected chi connectivity index (χ3v) is 9.48. The maximum absolute atomic E-state index is 12.7. The van der Waals surface area contributed by atoms with Gasteiger partial charge in [-0.15, -0.1) is 0 Å². The number of carbonyl (C=O) groups excluding carboxylic acids is 1. The van der Waals surface area contributed by atoms with Gasteiger partial charge in [0.1, 0.15) is 30.5 Å². The zero-order valence-electron chi connectivity index (χ0n) is 36.0. The smallest absolute Gasteiger partial charge is 0.306 e. The minimum absolute atomic E-state index is 0.105. The Bertz CT molecular complexity index is 1200. The van der Waals surface area contributed by atoms with E-state index in [1.54, 1.807) is 0 Å². The molecule has 330 valence electrons. The summed E-state index contributed by atoms with van der Waals surface area (Å²) in [4.78, 5) is 12.7. The summed E-state index contributed by atoms with van der Waals surface area (Å²) >= 11 is 0. The molecule has 1 rings (SSSR count). The summed E-state index contributed by atoms with van der Waals surface area (Å²) in [6.45, 7) is 4.25. The number of allylic oxidation sites excluding steroid dienone is 16. The molecule has 9 nitrogen and oxygen atoms in total. The minimum Gasteiger partial charge on any atom is -0.457 e. The molecular formula is C49H80O9. The van der Waals surface area contributed by atoms with Crippen LogP contribution in [0.15, 0.2) is 97.2 Å². The predicted octanol–water partition coefficient (Wildman–Crippen LogP) is 10.0. The molecule has 1 fully saturated rings. The van der Waals surface area contributed by atoms with Crippen LogP contribution in [0.25, 0.3) is 0 Å². The summed E-state index contributed by atoms with van der Waals surface area (Å²) in [7, 11) is 0. The molecule has 0 saturated carbocycles. The van der Waals surface area contributed by atoms with Crippen molar-refractivity contribution >= 4 is 5.97 Å². The first-order valence-corrected chi connectivity index (χ1v) is 22.3. The summed E-state index contributed by atoms with van der Waals surface area (Å²) < 4.78 is 22.7. The zero-order chi connectivity index (χ0) is 42.2. The third kappa shape index (κ3) is 30.2. The highest BCUT2D eigenvalue weighted by Gasteiger charge is 2.44. The average molecular weight is 813 g/mol. The SMILES string of the molecule is CC/C=C\C/C=C\C/C=C\C/C=C\C/C=C\C/C=C\C/C=C\CCCCOCC(COC1OC(CO)C(O)C(O)C1O)OC(=O)CCCCCCC/C=C\CCCC. The van der Waals surface area contributed by atoms with E-state index in [0.29, 0.717) is 13.0 Å². The van der Waals surface area contributed by atoms with Gasteiger partial charge in [0.2, 0.25) is 0 Å². The molecule has 58 heavy (non-hydrogen) atoms. The molecule has 1 heterocycles. The molecule has 0 aromatic heterocycles. The normalized spacial score (nSPS) is 21.2. The van der Waals surface area contributed by atoms with E-state index in [0.717, 1.165) is 109 Å². The Balaban J connectivity index is 2.29. The van der Waals surface area contributed by atoms with Gasteiger partial charge < -0.3 is 39.4 Å². The van der Waals surface area contributed by atoms with E-state index in [-0.39, 0.29) is 19.2 Å². The van der Waals surface area contributed by atoms with Crippen molar-refractivity contribution in [3.8, 4) is 0 Å². The van der Waals surface area contributed by atoms with Gasteiger partial charge in [0.25, 0.3) is 0 Å². The Morgan fingerprint density at radius 2 is 1.05 bits per heavy atom. The highest BCUT2D eigenvalue weighted by molar-refractivity contribution is 5.69. The Labute approximate surface area is 352 Å². The van der Waals surface area contributed by atoms with Gasteiger partial charge in [0, 0.05) is 13.0 Å². The van der Waals surface area contributed by atoms with Crippen LogP contribution in [0, 0.1) is 0 Å². The van der Waals surface area contributed by atoms with E-state index in [1.165, 1.54) is 12.8 Å². The van der Waals surface area contributed by atoms with Gasteiger partial charge in [-0.05, 0) is 89.9 Å². The molecule has 1 aliphatic heterocycles. The topological polar surface area (TPSA) is 135 Å². The first-order valence-electron chi connectivity index (χ1n) is 22.3. The molecule has 0 aliphatic carbocycles. The van der Waals surface area contributed by atoms with E-state index in [4.69, 9.17) is 18.9 Å². The second kappa shape index (κ2) is 39.6. The summed E-state index contributed by atoms with van der Waals surface area (Å²) in [6.07, 6.45) is 47.3. The van der Waals surface area contributed by atoms with Crippen molar-refractivity contribution in [2.45, 2.75) is 179 Å². The van der Waals surface area contributed by atoms with Crippen molar-refractivity contribution in [3.63, 3.8) is 0 Å². The molecular weight excluding hydrogens is 733 g/mol. The van der Waals surface area contributed by atoms with Crippen LogP contribution in [-0.4, -0.2) is 89.6 Å². The molecule has 6 atom stereocenters. The molecule has 0 aromatic carbocycles. The van der Waals surface area contributed by atoms with Crippen LogP contribution in [0.4, 0.5) is 0 Å². The molecule has 0 bridgehead atoms. The highest BCUT2D eigenvalue weighted by atomic mass is 16.7. The lowest BCUT2D eigenvalue weighted by molar-refractivity contribution is -0.305. The molecule has 0 aromatic rings. The van der Waals surface area contributed by atoms with Gasteiger partial charge in [-0.3, -0.25) is 4.79 Å². The number of carbonyl (C=O) groups is 1. The van der Waals surface area contributed by atoms with Crippen molar-refractivity contribution in [1.29, 1.82) is 0 Å². The molecule has 0 spiro atoms. The summed E-state index contributed by atoms with van der Waals surface area (Å²) in [5.41, 5.74) is 0. The van der Waals surface area contributed by atoms with E-state index < -0.39 is 43.4 Å². The summed E-state index contributed by atoms with van der Waals surface area (Å²) in [5.74, 6) is -0.345. The Kier molecular flexibility index (Phi) is 36.2. The fraction of sp³-hybridized carbons (Fsp3) is 0.653. The van der Waals surface area contributed by atoms with Crippen LogP contribution >= 0.6 is 0 Å². The fourth-order valence-corrected chi connectivity index (χ4v) is 5.98. The van der Waals surface area contributed by atoms with Gasteiger partial charge in [0.05, 0.1) is 19.8 Å². The van der Waals surface area contributed by atoms with Gasteiger partial charge in [-0.2, -0.15) is 0 Å². The van der Waals surface area contributed by atoms with Crippen LogP contribution < -0.4 is 0 Å². The number of hydrogen-bond donors (Lipinski definition) is 4. The van der Waals surface area contributed by atoms with E-state index in [1.807, 2.05) is 0 Å². The standard InChI is InChI=1S/C49H80O9/c1-3-5-7-9-11-13-15-16-17-18-19-20-21-22-23-24-25-26-27-29-31-33-35-37-39-55-41-43(42-56-49-48(54)47(53)46(52)44(40-50)58-49)57-45(51)38-36-34-32-30-28-14-12-10-8-6-4-2/h5,7,10-13,16-17,19-20,22-23,25-26,29,31,43-44,46-50,52-54H,3-4,6,8-9,14-15,18,21,24,27-28,30,32-42H2,1-2H3/b7-5-,12-10-,13-11-,17-16-,20-19-,23-22-,26-25-,31-29-. The summed E-state index contributed by atoms with van der Waals surface area (Å²) in [6, 6.07) is 0. The van der Waals surface area contributed by atoms with Gasteiger partial charge in [0.15, 0.2) is 6.29 Å². The second-order valence-electron chi connectivity index (χ2n) is 14.8. The molecule has 0 amide bonds. The van der Waals surface area contributed by atoms with Gasteiger partial charge >= 0.3 is 5.97 Å². The number of unbranched alkanes of at least 4 members (excludes halogenated alkanes) is 9. The van der Waals surface area contributed by atoms with Crippen molar-refractivity contribution < 1.29 is 44.2 Å². The van der Waals surface area contributed by atoms with Crippen molar-refractivity contribution in [1.82, 2.24) is 0 Å².